The maximum Gasteiger partial charge on any atom is 0.266 e. The lowest BCUT2D eigenvalue weighted by molar-refractivity contribution is -0.130. The van der Waals surface area contributed by atoms with Gasteiger partial charge in [0.2, 0.25) is 0 Å². The molecule has 0 aliphatic carbocycles. The van der Waals surface area contributed by atoms with Crippen LogP contribution in [-0.4, -0.2) is 43.7 Å². The quantitative estimate of drug-likeness (QED) is 0.690. The summed E-state index contributed by atoms with van der Waals surface area (Å²) in [7, 11) is -2.96. The molecule has 2 aromatic rings. The molecule has 1 amide bonds. The standard InChI is InChI=1S/C21H25N3O3S/c1-28(26,27)16-10-4-9-15-24-19(25)21(23-20(24)22,17-11-5-2-6-12-17)18-13-7-3-8-14-18/h2-3,5-8,11-14H,4,9-10,15-16H2,1H3,(H2,22,23). The van der Waals surface area contributed by atoms with Gasteiger partial charge in [-0.05, 0) is 24.0 Å². The molecule has 1 aliphatic rings. The molecule has 7 heteroatoms. The molecule has 0 bridgehead atoms. The van der Waals surface area contributed by atoms with Crippen LogP contribution in [0.4, 0.5) is 0 Å². The van der Waals surface area contributed by atoms with Crippen molar-refractivity contribution >= 4 is 21.7 Å². The van der Waals surface area contributed by atoms with E-state index in [1.165, 1.54) is 11.2 Å². The van der Waals surface area contributed by atoms with Crippen LogP contribution in [0.1, 0.15) is 30.4 Å². The highest BCUT2D eigenvalue weighted by molar-refractivity contribution is 7.90. The number of carbonyl (C=O) groups excluding carboxylic acids is 1. The Morgan fingerprint density at radius 3 is 1.96 bits per heavy atom. The minimum Gasteiger partial charge on any atom is -0.369 e. The minimum atomic E-state index is -2.96. The second-order valence-electron chi connectivity index (χ2n) is 7.06. The zero-order valence-electron chi connectivity index (χ0n) is 15.9. The van der Waals surface area contributed by atoms with Crippen LogP contribution < -0.4 is 5.73 Å². The summed E-state index contributed by atoms with van der Waals surface area (Å²) in [6.07, 6.45) is 3.17. The number of hydrogen-bond donors (Lipinski definition) is 1. The summed E-state index contributed by atoms with van der Waals surface area (Å²) in [5.41, 5.74) is 6.53. The number of unbranched alkanes of at least 4 members (excludes halogenated alkanes) is 2. The predicted molar refractivity (Wildman–Crippen MR) is 111 cm³/mol. The van der Waals surface area contributed by atoms with Crippen LogP contribution in [0, 0.1) is 0 Å². The van der Waals surface area contributed by atoms with Crippen molar-refractivity contribution in [2.75, 3.05) is 18.6 Å². The first-order chi connectivity index (χ1) is 13.3. The maximum absolute atomic E-state index is 13.5. The zero-order chi connectivity index (χ0) is 20.2. The monoisotopic (exact) mass is 399 g/mol. The lowest BCUT2D eigenvalue weighted by Gasteiger charge is -2.27. The van der Waals surface area contributed by atoms with Crippen LogP contribution in [0.15, 0.2) is 65.7 Å². The average molecular weight is 400 g/mol. The number of nitrogens with two attached hydrogens (primary N) is 1. The summed E-state index contributed by atoms with van der Waals surface area (Å²) >= 11 is 0. The fourth-order valence-electron chi connectivity index (χ4n) is 3.51. The van der Waals surface area contributed by atoms with E-state index in [4.69, 9.17) is 5.73 Å². The molecule has 1 heterocycles. The molecule has 0 atom stereocenters. The summed E-state index contributed by atoms with van der Waals surface area (Å²) in [5.74, 6) is 0.175. The lowest BCUT2D eigenvalue weighted by Crippen LogP contribution is -2.44. The van der Waals surface area contributed by atoms with Crippen molar-refractivity contribution < 1.29 is 13.2 Å². The zero-order valence-corrected chi connectivity index (χ0v) is 16.7. The molecule has 0 saturated heterocycles. The van der Waals surface area contributed by atoms with Gasteiger partial charge in [-0.1, -0.05) is 67.1 Å². The predicted octanol–water partition coefficient (Wildman–Crippen LogP) is 2.30. The number of amides is 1. The van der Waals surface area contributed by atoms with Crippen molar-refractivity contribution in [1.29, 1.82) is 0 Å². The molecule has 0 saturated carbocycles. The van der Waals surface area contributed by atoms with Gasteiger partial charge in [-0.3, -0.25) is 9.69 Å². The van der Waals surface area contributed by atoms with Crippen molar-refractivity contribution in [1.82, 2.24) is 4.90 Å². The van der Waals surface area contributed by atoms with Gasteiger partial charge in [0.25, 0.3) is 5.91 Å². The van der Waals surface area contributed by atoms with Crippen molar-refractivity contribution in [3.8, 4) is 0 Å². The summed E-state index contributed by atoms with van der Waals surface area (Å²) in [6.45, 7) is 0.416. The molecule has 1 aliphatic heterocycles. The number of nitrogens with zero attached hydrogens (tertiary/aromatic N) is 2. The van der Waals surface area contributed by atoms with E-state index in [1.807, 2.05) is 60.7 Å². The molecule has 0 radical (unpaired) electrons. The Balaban J connectivity index is 1.83. The smallest absolute Gasteiger partial charge is 0.266 e. The molecule has 28 heavy (non-hydrogen) atoms. The number of benzene rings is 2. The first-order valence-corrected chi connectivity index (χ1v) is 11.4. The Bertz CT molecular complexity index is 917. The number of guanidine groups is 1. The van der Waals surface area contributed by atoms with Crippen LogP contribution in [-0.2, 0) is 20.2 Å². The number of carbonyl (C=O) groups is 1. The molecular formula is C21H25N3O3S. The van der Waals surface area contributed by atoms with Crippen LogP contribution in [0.3, 0.4) is 0 Å². The number of hydrogen-bond acceptors (Lipinski definition) is 5. The van der Waals surface area contributed by atoms with E-state index in [-0.39, 0.29) is 17.6 Å². The number of sulfone groups is 1. The summed E-state index contributed by atoms with van der Waals surface area (Å²) in [5, 5.41) is 0. The summed E-state index contributed by atoms with van der Waals surface area (Å²) in [6, 6.07) is 18.9. The van der Waals surface area contributed by atoms with Gasteiger partial charge in [0.15, 0.2) is 11.5 Å². The molecule has 0 unspecified atom stereocenters. The molecule has 6 nitrogen and oxygen atoms in total. The van der Waals surface area contributed by atoms with Gasteiger partial charge in [-0.15, -0.1) is 0 Å². The fraction of sp³-hybridized carbons (Fsp3) is 0.333. The Hall–Kier alpha value is -2.67. The fourth-order valence-corrected chi connectivity index (χ4v) is 4.24. The van der Waals surface area contributed by atoms with Crippen molar-refractivity contribution in [3.63, 3.8) is 0 Å². The van der Waals surface area contributed by atoms with E-state index in [0.29, 0.717) is 25.8 Å². The summed E-state index contributed by atoms with van der Waals surface area (Å²) in [4.78, 5) is 19.6. The highest BCUT2D eigenvalue weighted by Crippen LogP contribution is 2.39. The van der Waals surface area contributed by atoms with E-state index in [2.05, 4.69) is 4.99 Å². The third-order valence-corrected chi connectivity index (χ3v) is 5.92. The first kappa shape index (κ1) is 20.1. The molecule has 3 rings (SSSR count). The number of aliphatic imine (C=N–C) groups is 1. The average Bonchev–Trinajstić information content (AvgIpc) is 2.93. The largest absolute Gasteiger partial charge is 0.369 e. The van der Waals surface area contributed by atoms with Crippen molar-refractivity contribution in [3.05, 3.63) is 71.8 Å². The van der Waals surface area contributed by atoms with Gasteiger partial charge in [0.1, 0.15) is 9.84 Å². The van der Waals surface area contributed by atoms with Gasteiger partial charge in [0, 0.05) is 18.6 Å². The molecule has 148 valence electrons. The lowest BCUT2D eigenvalue weighted by atomic mass is 9.83. The highest BCUT2D eigenvalue weighted by Gasteiger charge is 2.50. The third kappa shape index (κ3) is 4.09. The third-order valence-electron chi connectivity index (χ3n) is 4.89. The maximum atomic E-state index is 13.5. The number of rotatable bonds is 8. The minimum absolute atomic E-state index is 0.155. The van der Waals surface area contributed by atoms with Gasteiger partial charge in [-0.25, -0.2) is 13.4 Å². The van der Waals surface area contributed by atoms with Crippen LogP contribution in [0.2, 0.25) is 0 Å². The summed E-state index contributed by atoms with van der Waals surface area (Å²) < 4.78 is 22.5. The topological polar surface area (TPSA) is 92.8 Å². The Morgan fingerprint density at radius 1 is 0.929 bits per heavy atom. The van der Waals surface area contributed by atoms with Crippen LogP contribution >= 0.6 is 0 Å². The Labute approximate surface area is 166 Å². The SMILES string of the molecule is CS(=O)(=O)CCCCCN1C(=O)C(c2ccccc2)(c2ccccc2)N=C1N. The molecule has 2 N–H and O–H groups in total. The molecule has 0 fully saturated rings. The van der Waals surface area contributed by atoms with Crippen LogP contribution in [0.5, 0.6) is 0 Å². The van der Waals surface area contributed by atoms with E-state index in [1.54, 1.807) is 0 Å². The van der Waals surface area contributed by atoms with Crippen LogP contribution in [0.25, 0.3) is 0 Å². The van der Waals surface area contributed by atoms with Crippen molar-refractivity contribution in [2.24, 2.45) is 10.7 Å². The van der Waals surface area contributed by atoms with E-state index >= 15 is 0 Å². The van der Waals surface area contributed by atoms with Gasteiger partial charge in [-0.2, -0.15) is 0 Å². The normalized spacial score (nSPS) is 16.2. The highest BCUT2D eigenvalue weighted by atomic mass is 32.2. The molecule has 0 spiro atoms. The second kappa shape index (κ2) is 8.14. The molecule has 2 aromatic carbocycles. The van der Waals surface area contributed by atoms with Gasteiger partial charge in [0.05, 0.1) is 0 Å². The van der Waals surface area contributed by atoms with Gasteiger partial charge >= 0.3 is 0 Å². The van der Waals surface area contributed by atoms with Crippen molar-refractivity contribution in [2.45, 2.75) is 24.8 Å². The molecular weight excluding hydrogens is 374 g/mol. The second-order valence-corrected chi connectivity index (χ2v) is 9.32. The van der Waals surface area contributed by atoms with Gasteiger partial charge < -0.3 is 5.73 Å². The Kier molecular flexibility index (Phi) is 5.84. The van der Waals surface area contributed by atoms with E-state index < -0.39 is 15.4 Å². The molecule has 0 aromatic heterocycles. The first-order valence-electron chi connectivity index (χ1n) is 9.31. The van der Waals surface area contributed by atoms with E-state index in [0.717, 1.165) is 11.1 Å². The Morgan fingerprint density at radius 2 is 1.46 bits per heavy atom. The van der Waals surface area contributed by atoms with E-state index in [9.17, 15) is 13.2 Å².